The van der Waals surface area contributed by atoms with Crippen molar-refractivity contribution in [3.63, 3.8) is 0 Å². The van der Waals surface area contributed by atoms with E-state index < -0.39 is 5.92 Å². The molecule has 7 nitrogen and oxygen atoms in total. The summed E-state index contributed by atoms with van der Waals surface area (Å²) in [5, 5.41) is 0. The van der Waals surface area contributed by atoms with Crippen LogP contribution in [0.2, 0.25) is 0 Å². The summed E-state index contributed by atoms with van der Waals surface area (Å²) >= 11 is 0. The Morgan fingerprint density at radius 1 is 1.27 bits per heavy atom. The molecule has 2 atom stereocenters. The molecule has 1 aromatic heterocycles. The number of esters is 1. The molecule has 1 aromatic rings. The number of nitrogens with zero attached hydrogens (tertiary/aromatic N) is 3. The number of carbonyl (C=O) groups excluding carboxylic acids is 3. The molecule has 26 heavy (non-hydrogen) atoms. The maximum Gasteiger partial charge on any atom is 0.310 e. The summed E-state index contributed by atoms with van der Waals surface area (Å²) in [4.78, 5) is 45.0. The first-order valence-electron chi connectivity index (χ1n) is 9.16. The SMILES string of the molecule is CCOC(=O)C1CCCN(C(=O)C2CN(C(C)=O)Cc3cccnc32)C1. The fourth-order valence-corrected chi connectivity index (χ4v) is 3.76. The van der Waals surface area contributed by atoms with Crippen LogP contribution in [0.15, 0.2) is 18.3 Å². The lowest BCUT2D eigenvalue weighted by molar-refractivity contribution is -0.151. The van der Waals surface area contributed by atoms with Crippen LogP contribution in [0.4, 0.5) is 0 Å². The van der Waals surface area contributed by atoms with Gasteiger partial charge < -0.3 is 14.5 Å². The summed E-state index contributed by atoms with van der Waals surface area (Å²) in [5.74, 6) is -1.11. The molecule has 0 saturated carbocycles. The van der Waals surface area contributed by atoms with Gasteiger partial charge in [-0.25, -0.2) is 0 Å². The Morgan fingerprint density at radius 3 is 2.81 bits per heavy atom. The Kier molecular flexibility index (Phi) is 5.54. The van der Waals surface area contributed by atoms with Gasteiger partial charge in [-0.1, -0.05) is 6.07 Å². The molecule has 0 N–H and O–H groups in total. The second-order valence-electron chi connectivity index (χ2n) is 6.88. The van der Waals surface area contributed by atoms with Gasteiger partial charge in [0.05, 0.1) is 24.1 Å². The van der Waals surface area contributed by atoms with E-state index in [9.17, 15) is 14.4 Å². The van der Waals surface area contributed by atoms with Crippen LogP contribution in [-0.4, -0.2) is 58.8 Å². The number of ether oxygens (including phenoxy) is 1. The number of hydrogen-bond acceptors (Lipinski definition) is 5. The number of fused-ring (bicyclic) bond motifs is 1. The van der Waals surface area contributed by atoms with Crippen molar-refractivity contribution in [2.45, 2.75) is 39.2 Å². The van der Waals surface area contributed by atoms with Gasteiger partial charge in [0.1, 0.15) is 0 Å². The molecule has 0 bridgehead atoms. The van der Waals surface area contributed by atoms with Crippen LogP contribution in [-0.2, 0) is 25.7 Å². The second-order valence-corrected chi connectivity index (χ2v) is 6.88. The average Bonchev–Trinajstić information content (AvgIpc) is 2.66. The van der Waals surface area contributed by atoms with E-state index in [0.717, 1.165) is 24.1 Å². The molecular formula is C19H25N3O4. The molecule has 2 amide bonds. The van der Waals surface area contributed by atoms with Crippen LogP contribution in [0.3, 0.4) is 0 Å². The third-order valence-electron chi connectivity index (χ3n) is 5.12. The van der Waals surface area contributed by atoms with Gasteiger partial charge in [0.2, 0.25) is 11.8 Å². The van der Waals surface area contributed by atoms with E-state index in [-0.39, 0.29) is 23.7 Å². The average molecular weight is 359 g/mol. The predicted molar refractivity (Wildman–Crippen MR) is 94.0 cm³/mol. The molecule has 0 aliphatic carbocycles. The van der Waals surface area contributed by atoms with Crippen molar-refractivity contribution in [2.24, 2.45) is 5.92 Å². The van der Waals surface area contributed by atoms with Gasteiger partial charge in [0.15, 0.2) is 0 Å². The van der Waals surface area contributed by atoms with E-state index in [1.165, 1.54) is 6.92 Å². The third-order valence-corrected chi connectivity index (χ3v) is 5.12. The van der Waals surface area contributed by atoms with E-state index in [2.05, 4.69) is 4.98 Å². The number of carbonyl (C=O) groups is 3. The normalized spacial score (nSPS) is 22.5. The first-order valence-corrected chi connectivity index (χ1v) is 9.16. The van der Waals surface area contributed by atoms with E-state index in [4.69, 9.17) is 4.74 Å². The number of likely N-dealkylation sites (tertiary alicyclic amines) is 1. The minimum absolute atomic E-state index is 0.0552. The lowest BCUT2D eigenvalue weighted by Gasteiger charge is -2.38. The van der Waals surface area contributed by atoms with Gasteiger partial charge >= 0.3 is 5.97 Å². The number of hydrogen-bond donors (Lipinski definition) is 0. The van der Waals surface area contributed by atoms with E-state index in [0.29, 0.717) is 32.8 Å². The van der Waals surface area contributed by atoms with Crippen LogP contribution >= 0.6 is 0 Å². The van der Waals surface area contributed by atoms with Gasteiger partial charge in [-0.3, -0.25) is 19.4 Å². The maximum absolute atomic E-state index is 13.2. The van der Waals surface area contributed by atoms with Crippen molar-refractivity contribution < 1.29 is 19.1 Å². The molecule has 1 saturated heterocycles. The zero-order valence-corrected chi connectivity index (χ0v) is 15.3. The summed E-state index contributed by atoms with van der Waals surface area (Å²) in [5.41, 5.74) is 1.65. The van der Waals surface area contributed by atoms with Crippen molar-refractivity contribution in [1.82, 2.24) is 14.8 Å². The Bertz CT molecular complexity index is 706. The fraction of sp³-hybridized carbons (Fsp3) is 0.579. The smallest absolute Gasteiger partial charge is 0.310 e. The molecule has 0 spiro atoms. The first-order chi connectivity index (χ1) is 12.5. The van der Waals surface area contributed by atoms with Crippen LogP contribution in [0.1, 0.15) is 43.9 Å². The Hall–Kier alpha value is -2.44. The Labute approximate surface area is 153 Å². The minimum atomic E-state index is -0.482. The minimum Gasteiger partial charge on any atom is -0.466 e. The summed E-state index contributed by atoms with van der Waals surface area (Å²) in [6.07, 6.45) is 3.19. The number of amides is 2. The zero-order valence-electron chi connectivity index (χ0n) is 15.3. The highest BCUT2D eigenvalue weighted by atomic mass is 16.5. The van der Waals surface area contributed by atoms with Crippen LogP contribution in [0, 0.1) is 5.92 Å². The first kappa shape index (κ1) is 18.4. The monoisotopic (exact) mass is 359 g/mol. The van der Waals surface area contributed by atoms with E-state index >= 15 is 0 Å². The standard InChI is InChI=1S/C19H25N3O4/c1-3-26-19(25)15-7-5-9-21(11-15)18(24)16-12-22(13(2)23)10-14-6-4-8-20-17(14)16/h4,6,8,15-16H,3,5,7,9-12H2,1-2H3. The van der Waals surface area contributed by atoms with Crippen molar-refractivity contribution in [3.8, 4) is 0 Å². The van der Waals surface area contributed by atoms with Crippen molar-refractivity contribution in [1.29, 1.82) is 0 Å². The van der Waals surface area contributed by atoms with Gasteiger partial charge in [0.25, 0.3) is 0 Å². The van der Waals surface area contributed by atoms with Crippen LogP contribution in [0.5, 0.6) is 0 Å². The van der Waals surface area contributed by atoms with Crippen LogP contribution in [0.25, 0.3) is 0 Å². The Balaban J connectivity index is 1.79. The van der Waals surface area contributed by atoms with Crippen molar-refractivity contribution in [2.75, 3.05) is 26.2 Å². The van der Waals surface area contributed by atoms with E-state index in [1.54, 1.807) is 22.9 Å². The summed E-state index contributed by atoms with van der Waals surface area (Å²) in [6.45, 7) is 5.44. The predicted octanol–water partition coefficient (Wildman–Crippen LogP) is 1.33. The lowest BCUT2D eigenvalue weighted by atomic mass is 9.91. The summed E-state index contributed by atoms with van der Waals surface area (Å²) in [6, 6.07) is 3.73. The molecule has 0 aromatic carbocycles. The highest BCUT2D eigenvalue weighted by molar-refractivity contribution is 5.86. The number of piperidine rings is 1. The maximum atomic E-state index is 13.2. The molecule has 7 heteroatoms. The number of rotatable bonds is 3. The summed E-state index contributed by atoms with van der Waals surface area (Å²) < 4.78 is 5.12. The molecular weight excluding hydrogens is 334 g/mol. The topological polar surface area (TPSA) is 79.8 Å². The molecule has 140 valence electrons. The molecule has 2 aliphatic heterocycles. The molecule has 2 aliphatic rings. The van der Waals surface area contributed by atoms with Crippen LogP contribution < -0.4 is 0 Å². The molecule has 3 heterocycles. The quantitative estimate of drug-likeness (QED) is 0.761. The third kappa shape index (κ3) is 3.71. The van der Waals surface area contributed by atoms with Gasteiger partial charge in [-0.05, 0) is 31.4 Å². The highest BCUT2D eigenvalue weighted by Gasteiger charge is 2.37. The fourth-order valence-electron chi connectivity index (χ4n) is 3.76. The zero-order chi connectivity index (χ0) is 18.7. The molecule has 0 radical (unpaired) electrons. The molecule has 3 rings (SSSR count). The largest absolute Gasteiger partial charge is 0.466 e. The lowest BCUT2D eigenvalue weighted by Crippen LogP contribution is -2.49. The number of aromatic nitrogens is 1. The van der Waals surface area contributed by atoms with Crippen molar-refractivity contribution in [3.05, 3.63) is 29.6 Å². The second kappa shape index (κ2) is 7.85. The van der Waals surface area contributed by atoms with Gasteiger partial charge in [-0.2, -0.15) is 0 Å². The summed E-state index contributed by atoms with van der Waals surface area (Å²) in [7, 11) is 0. The highest BCUT2D eigenvalue weighted by Crippen LogP contribution is 2.30. The van der Waals surface area contributed by atoms with Gasteiger partial charge in [-0.15, -0.1) is 0 Å². The number of pyridine rings is 1. The molecule has 2 unspecified atom stereocenters. The van der Waals surface area contributed by atoms with Crippen molar-refractivity contribution >= 4 is 17.8 Å². The Morgan fingerprint density at radius 2 is 2.08 bits per heavy atom. The molecule has 1 fully saturated rings. The van der Waals surface area contributed by atoms with E-state index in [1.807, 2.05) is 12.1 Å². The van der Waals surface area contributed by atoms with Gasteiger partial charge in [0, 0.05) is 39.3 Å².